The van der Waals surface area contributed by atoms with Crippen LogP contribution in [0, 0.1) is 6.92 Å². The van der Waals surface area contributed by atoms with E-state index in [-0.39, 0.29) is 0 Å². The van der Waals surface area contributed by atoms with Gasteiger partial charge < -0.3 is 10.2 Å². The van der Waals surface area contributed by atoms with Crippen molar-refractivity contribution in [3.8, 4) is 0 Å². The van der Waals surface area contributed by atoms with Gasteiger partial charge in [-0.25, -0.2) is 0 Å². The largest absolute Gasteiger partial charge is 0.380 e. The summed E-state index contributed by atoms with van der Waals surface area (Å²) in [4.78, 5) is 3.71. The molecule has 226 valence electrons. The van der Waals surface area contributed by atoms with E-state index in [4.69, 9.17) is 0 Å². The summed E-state index contributed by atoms with van der Waals surface area (Å²) in [6, 6.07) is 38.8. The van der Waals surface area contributed by atoms with Crippen molar-refractivity contribution in [2.75, 3.05) is 11.4 Å². The van der Waals surface area contributed by atoms with E-state index >= 15 is 0 Å². The van der Waals surface area contributed by atoms with Crippen molar-refractivity contribution in [3.63, 3.8) is 0 Å². The first-order valence-electron chi connectivity index (χ1n) is 15.8. The Hall–Kier alpha value is -4.32. The number of hydrogen-bond acceptors (Lipinski definition) is 4. The van der Waals surface area contributed by atoms with Crippen LogP contribution in [0.4, 0.5) is 11.4 Å². The van der Waals surface area contributed by atoms with Crippen LogP contribution in [0.1, 0.15) is 37.3 Å². The van der Waals surface area contributed by atoms with Crippen LogP contribution in [-0.2, 0) is 6.54 Å². The van der Waals surface area contributed by atoms with Crippen LogP contribution >= 0.6 is 23.1 Å². The maximum absolute atomic E-state index is 3.61. The normalized spacial score (nSPS) is 14.6. The molecule has 0 saturated heterocycles. The molecule has 4 aromatic carbocycles. The molecular formula is C40H40N3S2+. The van der Waals surface area contributed by atoms with Crippen LogP contribution in [0.25, 0.3) is 16.3 Å². The third-order valence-electron chi connectivity index (χ3n) is 8.00. The predicted molar refractivity (Wildman–Crippen MR) is 195 cm³/mol. The molecule has 5 heteroatoms. The molecule has 1 N–H and O–H groups in total. The van der Waals surface area contributed by atoms with E-state index in [0.29, 0.717) is 0 Å². The number of hydrogen-bond donors (Lipinski definition) is 1. The van der Waals surface area contributed by atoms with Gasteiger partial charge in [0, 0.05) is 35.0 Å². The summed E-state index contributed by atoms with van der Waals surface area (Å²) >= 11 is 3.66. The highest BCUT2D eigenvalue weighted by Gasteiger charge is 2.26. The zero-order chi connectivity index (χ0) is 31.0. The Morgan fingerprint density at radius 1 is 0.822 bits per heavy atom. The summed E-state index contributed by atoms with van der Waals surface area (Å²) in [5, 5.41) is 6.04. The number of thioether (sulfide) groups is 1. The second kappa shape index (κ2) is 14.6. The molecule has 0 bridgehead atoms. The highest BCUT2D eigenvalue weighted by molar-refractivity contribution is 8.03. The van der Waals surface area contributed by atoms with Gasteiger partial charge in [0.05, 0.1) is 10.7 Å². The zero-order valence-corrected chi connectivity index (χ0v) is 27.9. The summed E-state index contributed by atoms with van der Waals surface area (Å²) in [7, 11) is 0. The number of para-hydroxylation sites is 3. The maximum atomic E-state index is 3.61. The average Bonchev–Trinajstić information content (AvgIpc) is 3.65. The lowest BCUT2D eigenvalue weighted by Gasteiger charge is -2.28. The molecule has 0 atom stereocenters. The van der Waals surface area contributed by atoms with Gasteiger partial charge in [0.25, 0.3) is 5.01 Å². The molecule has 6 rings (SSSR count). The lowest BCUT2D eigenvalue weighted by atomic mass is 10.1. The number of thiazole rings is 1. The molecule has 0 spiro atoms. The van der Waals surface area contributed by atoms with Gasteiger partial charge in [-0.3, -0.25) is 0 Å². The molecular weight excluding hydrogens is 587 g/mol. The highest BCUT2D eigenvalue weighted by atomic mass is 32.2. The standard InChI is InChI=1S/C40H39N3S2/c1-4-41-38(44-36-22-14-12-16-30(36)3)28-26-31-24-25-32(27-29-39-42(5-2)35-21-13-15-23-37(35)45-39)40(31)43(33-17-8-6-9-18-33)34-19-10-7-11-20-34/h6-23,26-29H,4-5,24-25H2,1-3H3/p+1. The maximum Gasteiger partial charge on any atom is 0.262 e. The van der Waals surface area contributed by atoms with Crippen molar-refractivity contribution in [3.05, 3.63) is 160 Å². The fourth-order valence-electron chi connectivity index (χ4n) is 5.83. The van der Waals surface area contributed by atoms with Gasteiger partial charge in [0.2, 0.25) is 5.52 Å². The Morgan fingerprint density at radius 3 is 2.18 bits per heavy atom. The van der Waals surface area contributed by atoms with Crippen molar-refractivity contribution >= 4 is 50.8 Å². The fraction of sp³-hybridized carbons (Fsp3) is 0.175. The summed E-state index contributed by atoms with van der Waals surface area (Å²) in [6.45, 7) is 8.38. The number of benzene rings is 4. The molecule has 0 unspecified atom stereocenters. The van der Waals surface area contributed by atoms with E-state index in [1.54, 1.807) is 11.8 Å². The first-order chi connectivity index (χ1) is 22.2. The van der Waals surface area contributed by atoms with E-state index in [9.17, 15) is 0 Å². The van der Waals surface area contributed by atoms with Crippen molar-refractivity contribution in [1.29, 1.82) is 0 Å². The first-order valence-corrected chi connectivity index (χ1v) is 17.4. The van der Waals surface area contributed by atoms with Gasteiger partial charge in [-0.2, -0.15) is 4.57 Å². The van der Waals surface area contributed by atoms with E-state index < -0.39 is 0 Å². The molecule has 3 nitrogen and oxygen atoms in total. The van der Waals surface area contributed by atoms with Crippen LogP contribution in [0.3, 0.4) is 0 Å². The third-order valence-corrected chi connectivity index (χ3v) is 10.3. The van der Waals surface area contributed by atoms with E-state index in [2.05, 4.69) is 169 Å². The molecule has 1 aliphatic rings. The predicted octanol–water partition coefficient (Wildman–Crippen LogP) is 10.6. The Kier molecular flexibility index (Phi) is 9.99. The van der Waals surface area contributed by atoms with Crippen molar-refractivity contribution < 1.29 is 4.57 Å². The van der Waals surface area contributed by atoms with Crippen molar-refractivity contribution in [2.45, 2.75) is 45.1 Å². The minimum absolute atomic E-state index is 0.872. The third kappa shape index (κ3) is 7.00. The molecule has 0 fully saturated rings. The fourth-order valence-corrected chi connectivity index (χ4v) is 7.92. The number of fused-ring (bicyclic) bond motifs is 1. The molecule has 5 aromatic rings. The summed E-state index contributed by atoms with van der Waals surface area (Å²) < 4.78 is 3.74. The molecule has 45 heavy (non-hydrogen) atoms. The number of nitrogens with one attached hydrogen (secondary N) is 1. The zero-order valence-electron chi connectivity index (χ0n) is 26.2. The van der Waals surface area contributed by atoms with Crippen molar-refractivity contribution in [2.24, 2.45) is 0 Å². The Morgan fingerprint density at radius 2 is 1.49 bits per heavy atom. The van der Waals surface area contributed by atoms with Crippen LogP contribution < -0.4 is 14.8 Å². The monoisotopic (exact) mass is 626 g/mol. The van der Waals surface area contributed by atoms with Crippen LogP contribution in [0.2, 0.25) is 0 Å². The summed E-state index contributed by atoms with van der Waals surface area (Å²) in [5.41, 5.74) is 8.86. The van der Waals surface area contributed by atoms with E-state index in [1.807, 2.05) is 11.3 Å². The summed E-state index contributed by atoms with van der Waals surface area (Å²) in [6.07, 6.45) is 11.3. The first kappa shape index (κ1) is 30.7. The van der Waals surface area contributed by atoms with E-state index in [0.717, 1.165) is 42.3 Å². The molecule has 0 saturated carbocycles. The molecule has 1 aliphatic carbocycles. The minimum atomic E-state index is 0.872. The summed E-state index contributed by atoms with van der Waals surface area (Å²) in [5.74, 6) is 0. The number of rotatable bonds is 11. The minimum Gasteiger partial charge on any atom is -0.380 e. The van der Waals surface area contributed by atoms with E-state index in [1.165, 1.54) is 42.5 Å². The van der Waals surface area contributed by atoms with Gasteiger partial charge >= 0.3 is 0 Å². The smallest absolute Gasteiger partial charge is 0.262 e. The van der Waals surface area contributed by atoms with Gasteiger partial charge in [-0.15, -0.1) is 0 Å². The Labute approximate surface area is 275 Å². The quantitative estimate of drug-likeness (QED) is 0.116. The van der Waals surface area contributed by atoms with Crippen LogP contribution in [0.5, 0.6) is 0 Å². The van der Waals surface area contributed by atoms with Crippen molar-refractivity contribution in [1.82, 2.24) is 5.32 Å². The van der Waals surface area contributed by atoms with Gasteiger partial charge in [0.15, 0.2) is 0 Å². The van der Waals surface area contributed by atoms with Crippen LogP contribution in [0.15, 0.2) is 154 Å². The molecule has 0 amide bonds. The topological polar surface area (TPSA) is 19.1 Å². The number of nitrogens with zero attached hydrogens (tertiary/aromatic N) is 2. The SMILES string of the molecule is CCNC(=C/C=C1\CCC(/C=C\c2sc3ccccc3[n+]2CC)=C1N(c1ccccc1)c1ccccc1)Sc1ccccc1C. The lowest BCUT2D eigenvalue weighted by Crippen LogP contribution is -2.33. The second-order valence-electron chi connectivity index (χ2n) is 11.0. The molecule has 1 aromatic heterocycles. The van der Waals surface area contributed by atoms with Gasteiger partial charge in [-0.1, -0.05) is 95.9 Å². The average molecular weight is 627 g/mol. The Bertz CT molecular complexity index is 1840. The van der Waals surface area contributed by atoms with Crippen LogP contribution in [-0.4, -0.2) is 6.54 Å². The second-order valence-corrected chi connectivity index (χ2v) is 13.1. The number of anilines is 2. The Balaban J connectivity index is 1.48. The van der Waals surface area contributed by atoms with Gasteiger partial charge in [-0.05, 0) is 98.9 Å². The number of aryl methyl sites for hydroxylation is 2. The lowest BCUT2D eigenvalue weighted by molar-refractivity contribution is -0.665. The van der Waals surface area contributed by atoms with Gasteiger partial charge in [0.1, 0.15) is 11.2 Å². The molecule has 1 heterocycles. The molecule has 0 aliphatic heterocycles. The molecule has 0 radical (unpaired) electrons. The number of allylic oxidation sites excluding steroid dienone is 5. The highest BCUT2D eigenvalue weighted by Crippen LogP contribution is 2.42. The number of aromatic nitrogens is 1.